The summed E-state index contributed by atoms with van der Waals surface area (Å²) in [5.41, 5.74) is -1.85. The summed E-state index contributed by atoms with van der Waals surface area (Å²) in [7, 11) is 1.34. The summed E-state index contributed by atoms with van der Waals surface area (Å²) < 4.78 is 54.1. The number of carboxylic acids is 1. The van der Waals surface area contributed by atoms with Gasteiger partial charge in [-0.15, -0.1) is 0 Å². The van der Waals surface area contributed by atoms with E-state index in [1.54, 1.807) is 19.9 Å². The molecule has 5 rings (SSSR count). The number of likely N-dealkylation sites (tertiary alicyclic amines) is 1. The van der Waals surface area contributed by atoms with Gasteiger partial charge in [0.25, 0.3) is 11.8 Å². The molecule has 1 atom stereocenters. The van der Waals surface area contributed by atoms with Crippen LogP contribution >= 0.6 is 0 Å². The molecule has 0 aliphatic carbocycles. The van der Waals surface area contributed by atoms with E-state index in [4.69, 9.17) is 0 Å². The second-order valence-corrected chi connectivity index (χ2v) is 12.5. The van der Waals surface area contributed by atoms with Crippen molar-refractivity contribution >= 4 is 35.4 Å². The number of carbonyl (C=O) groups excluding carboxylic acids is 4. The topological polar surface area (TPSA) is 127 Å². The molecule has 0 saturated carbocycles. The molecule has 3 aromatic rings. The number of carbonyl (C=O) groups is 5. The average molecular weight is 683 g/mol. The zero-order chi connectivity index (χ0) is 35.8. The summed E-state index contributed by atoms with van der Waals surface area (Å²) in [5.74, 6) is -5.15. The fourth-order valence-electron chi connectivity index (χ4n) is 6.41. The van der Waals surface area contributed by atoms with Gasteiger partial charge < -0.3 is 15.3 Å². The molecule has 14 heteroatoms. The number of amides is 5. The number of rotatable bonds is 8. The van der Waals surface area contributed by atoms with E-state index >= 15 is 0 Å². The third-order valence-electron chi connectivity index (χ3n) is 9.08. The van der Waals surface area contributed by atoms with Gasteiger partial charge in [-0.3, -0.25) is 24.2 Å². The number of nitrogens with one attached hydrogen (secondary N) is 1. The highest BCUT2D eigenvalue weighted by atomic mass is 19.4. The highest BCUT2D eigenvalue weighted by Crippen LogP contribution is 2.41. The number of likely N-dealkylation sites (N-methyl/N-ethyl adjacent to an activating group) is 1. The van der Waals surface area contributed by atoms with Crippen LogP contribution in [0.3, 0.4) is 0 Å². The molecule has 2 aliphatic heterocycles. The van der Waals surface area contributed by atoms with E-state index in [1.165, 1.54) is 29.0 Å². The molecule has 2 aliphatic rings. The Morgan fingerprint density at radius 2 is 1.59 bits per heavy atom. The minimum absolute atomic E-state index is 0.00334. The summed E-state index contributed by atoms with van der Waals surface area (Å²) in [5, 5.41) is 12.2. The number of hydrogen-bond acceptors (Lipinski definition) is 5. The van der Waals surface area contributed by atoms with Gasteiger partial charge in [0.05, 0.1) is 16.7 Å². The molecule has 258 valence electrons. The van der Waals surface area contributed by atoms with E-state index in [9.17, 15) is 46.6 Å². The molecule has 10 nitrogen and oxygen atoms in total. The Labute approximate surface area is 279 Å². The van der Waals surface area contributed by atoms with E-state index in [1.807, 2.05) is 30.3 Å². The Bertz CT molecular complexity index is 1810. The van der Waals surface area contributed by atoms with Crippen molar-refractivity contribution in [1.29, 1.82) is 0 Å². The number of carboxylic acid groups (broad SMARTS) is 1. The van der Waals surface area contributed by atoms with Crippen LogP contribution < -0.4 is 10.2 Å². The van der Waals surface area contributed by atoms with E-state index in [2.05, 4.69) is 5.32 Å². The second-order valence-electron chi connectivity index (χ2n) is 12.5. The quantitative estimate of drug-likeness (QED) is 0.244. The minimum Gasteiger partial charge on any atom is -0.478 e. The predicted molar refractivity (Wildman–Crippen MR) is 169 cm³/mol. The second kappa shape index (κ2) is 13.3. The average Bonchev–Trinajstić information content (AvgIpc) is 3.23. The van der Waals surface area contributed by atoms with Crippen LogP contribution in [0.2, 0.25) is 0 Å². The summed E-state index contributed by atoms with van der Waals surface area (Å²) >= 11 is 0. The minimum atomic E-state index is -4.82. The van der Waals surface area contributed by atoms with Crippen LogP contribution in [0, 0.1) is 11.7 Å². The lowest BCUT2D eigenvalue weighted by Crippen LogP contribution is -2.60. The monoisotopic (exact) mass is 682 g/mol. The highest BCUT2D eigenvalue weighted by Gasteiger charge is 2.58. The highest BCUT2D eigenvalue weighted by molar-refractivity contribution is 6.17. The van der Waals surface area contributed by atoms with Crippen molar-refractivity contribution in [1.82, 2.24) is 15.1 Å². The van der Waals surface area contributed by atoms with Gasteiger partial charge in [-0.25, -0.2) is 14.0 Å². The number of hydrogen-bond donors (Lipinski definition) is 2. The molecule has 49 heavy (non-hydrogen) atoms. The van der Waals surface area contributed by atoms with Crippen LogP contribution in [0.1, 0.15) is 64.1 Å². The standard InChI is InChI=1S/C35H34F4N4O6/c1-20(2)28(40-29(44)26-19-23(35(37,38)39)9-12-27(26)36)30(45)42-15-13-34(14-16-42)32(48)41(3)33(49)43(34)24-10-11-25(31(46)47)22(18-24)17-21-7-5-4-6-8-21/h4-12,18-20,28H,13-17H2,1-3H3,(H,40,44)(H,46,47). The smallest absolute Gasteiger partial charge is 0.416 e. The summed E-state index contributed by atoms with van der Waals surface area (Å²) in [6, 6.07) is 13.2. The Morgan fingerprint density at radius 3 is 2.18 bits per heavy atom. The lowest BCUT2D eigenvalue weighted by atomic mass is 9.84. The van der Waals surface area contributed by atoms with Crippen molar-refractivity contribution in [2.24, 2.45) is 5.92 Å². The number of piperidine rings is 1. The fraction of sp³-hybridized carbons (Fsp3) is 0.343. The lowest BCUT2D eigenvalue weighted by Gasteiger charge is -2.43. The van der Waals surface area contributed by atoms with Crippen LogP contribution in [0.15, 0.2) is 66.7 Å². The number of imide groups is 1. The normalized spacial score (nSPS) is 16.8. The molecule has 0 bridgehead atoms. The molecule has 3 aromatic carbocycles. The van der Waals surface area contributed by atoms with E-state index in [0.717, 1.165) is 10.5 Å². The number of nitrogens with zero attached hydrogens (tertiary/aromatic N) is 3. The number of benzene rings is 3. The molecule has 0 radical (unpaired) electrons. The Morgan fingerprint density at radius 1 is 0.939 bits per heavy atom. The van der Waals surface area contributed by atoms with Crippen LogP contribution in [-0.2, 0) is 22.2 Å². The van der Waals surface area contributed by atoms with Crippen molar-refractivity contribution in [2.75, 3.05) is 25.0 Å². The van der Waals surface area contributed by atoms with Crippen molar-refractivity contribution in [3.05, 3.63) is 100 Å². The molecule has 2 N–H and O–H groups in total. The zero-order valence-electron chi connectivity index (χ0n) is 26.9. The van der Waals surface area contributed by atoms with Crippen molar-refractivity contribution < 1.29 is 46.6 Å². The van der Waals surface area contributed by atoms with Gasteiger partial charge in [-0.05, 0) is 72.7 Å². The largest absolute Gasteiger partial charge is 0.478 e. The SMILES string of the molecule is CC(C)C(NC(=O)c1cc(C(F)(F)F)ccc1F)C(=O)N1CCC2(CC1)C(=O)N(C)C(=O)N2c1ccc(C(=O)O)c(Cc2ccccc2)c1. The van der Waals surface area contributed by atoms with Gasteiger partial charge in [-0.2, -0.15) is 13.2 Å². The van der Waals surface area contributed by atoms with Crippen LogP contribution in [0.5, 0.6) is 0 Å². The molecular weight excluding hydrogens is 648 g/mol. The Hall–Kier alpha value is -5.27. The first-order valence-electron chi connectivity index (χ1n) is 15.5. The van der Waals surface area contributed by atoms with Gasteiger partial charge in [0.2, 0.25) is 5.91 Å². The zero-order valence-corrected chi connectivity index (χ0v) is 26.9. The maximum atomic E-state index is 14.4. The van der Waals surface area contributed by atoms with Crippen molar-refractivity contribution in [2.45, 2.75) is 50.9 Å². The molecular formula is C35H34F4N4O6. The lowest BCUT2D eigenvalue weighted by molar-refractivity contribution is -0.139. The van der Waals surface area contributed by atoms with Gasteiger partial charge in [-0.1, -0.05) is 44.2 Å². The van der Waals surface area contributed by atoms with Crippen molar-refractivity contribution in [3.8, 4) is 0 Å². The van der Waals surface area contributed by atoms with Gasteiger partial charge in [0, 0.05) is 25.8 Å². The third-order valence-corrected chi connectivity index (χ3v) is 9.08. The molecule has 0 aromatic heterocycles. The molecule has 1 spiro atoms. The predicted octanol–water partition coefficient (Wildman–Crippen LogP) is 5.35. The first-order valence-corrected chi connectivity index (χ1v) is 15.5. The van der Waals surface area contributed by atoms with Crippen LogP contribution in [-0.4, -0.2) is 76.3 Å². The van der Waals surface area contributed by atoms with Crippen LogP contribution in [0.4, 0.5) is 28.0 Å². The number of alkyl halides is 3. The van der Waals surface area contributed by atoms with Gasteiger partial charge in [0.15, 0.2) is 0 Å². The van der Waals surface area contributed by atoms with Crippen LogP contribution in [0.25, 0.3) is 0 Å². The number of anilines is 1. The maximum absolute atomic E-state index is 14.4. The summed E-state index contributed by atoms with van der Waals surface area (Å²) in [6.07, 6.45) is -4.56. The number of urea groups is 1. The summed E-state index contributed by atoms with van der Waals surface area (Å²) in [4.78, 5) is 69.7. The fourth-order valence-corrected chi connectivity index (χ4v) is 6.41. The van der Waals surface area contributed by atoms with E-state index in [0.29, 0.717) is 29.4 Å². The summed E-state index contributed by atoms with van der Waals surface area (Å²) in [6.45, 7) is 3.17. The molecule has 2 saturated heterocycles. The molecule has 2 heterocycles. The van der Waals surface area contributed by atoms with Gasteiger partial charge >= 0.3 is 18.2 Å². The first-order chi connectivity index (χ1) is 23.0. The molecule has 1 unspecified atom stereocenters. The Kier molecular flexibility index (Phi) is 9.53. The van der Waals surface area contributed by atoms with E-state index < -0.39 is 70.3 Å². The maximum Gasteiger partial charge on any atom is 0.416 e. The van der Waals surface area contributed by atoms with Crippen molar-refractivity contribution in [3.63, 3.8) is 0 Å². The molecule has 5 amide bonds. The van der Waals surface area contributed by atoms with Gasteiger partial charge in [0.1, 0.15) is 17.4 Å². The number of halogens is 4. The van der Waals surface area contributed by atoms with E-state index in [-0.39, 0.29) is 37.9 Å². The number of aromatic carboxylic acids is 1. The molecule has 2 fully saturated rings. The third kappa shape index (κ3) is 6.72. The Balaban J connectivity index is 1.38. The first kappa shape index (κ1) is 35.0.